The van der Waals surface area contributed by atoms with Crippen molar-refractivity contribution in [2.24, 2.45) is 0 Å². The highest BCUT2D eigenvalue weighted by Crippen LogP contribution is 2.18. The number of carbonyl (C=O) groups excluding carboxylic acids is 1. The highest BCUT2D eigenvalue weighted by Gasteiger charge is 2.35. The average Bonchev–Trinajstić information content (AvgIpc) is 2.84. The molecule has 0 radical (unpaired) electrons. The first-order valence-electron chi connectivity index (χ1n) is 5.70. The summed E-state index contributed by atoms with van der Waals surface area (Å²) < 4.78 is 22.7. The van der Waals surface area contributed by atoms with E-state index in [-0.39, 0.29) is 29.5 Å². The maximum Gasteiger partial charge on any atom is 0.239 e. The van der Waals surface area contributed by atoms with Gasteiger partial charge in [-0.3, -0.25) is 4.79 Å². The van der Waals surface area contributed by atoms with Crippen LogP contribution in [-0.2, 0) is 14.6 Å². The van der Waals surface area contributed by atoms with Crippen LogP contribution in [0.15, 0.2) is 0 Å². The van der Waals surface area contributed by atoms with Crippen LogP contribution in [0.25, 0.3) is 0 Å². The second-order valence-electron chi connectivity index (χ2n) is 4.65. The van der Waals surface area contributed by atoms with E-state index in [4.69, 9.17) is 0 Å². The van der Waals surface area contributed by atoms with E-state index in [0.29, 0.717) is 6.42 Å². The number of sulfone groups is 1. The maximum absolute atomic E-state index is 12.0. The Kier molecular flexibility index (Phi) is 3.21. The molecule has 5 nitrogen and oxygen atoms in total. The molecule has 0 aliphatic carbocycles. The largest absolute Gasteiger partial charge is 0.340 e. The molecule has 2 aliphatic rings. The topological polar surface area (TPSA) is 66.5 Å². The Hall–Kier alpha value is -0.620. The minimum absolute atomic E-state index is 0.0413. The molecule has 0 aromatic heterocycles. The lowest BCUT2D eigenvalue weighted by Crippen LogP contribution is -2.46. The summed E-state index contributed by atoms with van der Waals surface area (Å²) in [5, 5.41) is 3.14. The van der Waals surface area contributed by atoms with Crippen molar-refractivity contribution >= 4 is 15.7 Å². The van der Waals surface area contributed by atoms with Gasteiger partial charge in [0, 0.05) is 13.1 Å². The second kappa shape index (κ2) is 4.33. The fourth-order valence-electron chi connectivity index (χ4n) is 2.40. The van der Waals surface area contributed by atoms with Crippen molar-refractivity contribution in [1.82, 2.24) is 10.2 Å². The first-order chi connectivity index (χ1) is 7.49. The molecule has 2 rings (SSSR count). The molecular weight excluding hydrogens is 228 g/mol. The number of rotatable bonds is 2. The Morgan fingerprint density at radius 3 is 2.62 bits per heavy atom. The van der Waals surface area contributed by atoms with Crippen molar-refractivity contribution in [2.45, 2.75) is 31.3 Å². The predicted octanol–water partition coefficient (Wildman–Crippen LogP) is -0.616. The van der Waals surface area contributed by atoms with E-state index in [1.165, 1.54) is 0 Å². The van der Waals surface area contributed by atoms with Crippen LogP contribution in [0.1, 0.15) is 19.3 Å². The smallest absolute Gasteiger partial charge is 0.239 e. The fourth-order valence-corrected chi connectivity index (χ4v) is 4.18. The molecule has 1 N–H and O–H groups in total. The van der Waals surface area contributed by atoms with E-state index in [2.05, 4.69) is 5.32 Å². The number of nitrogens with zero attached hydrogens (tertiary/aromatic N) is 1. The third-order valence-corrected chi connectivity index (χ3v) is 5.21. The molecule has 2 heterocycles. The molecule has 1 unspecified atom stereocenters. The number of hydrogen-bond acceptors (Lipinski definition) is 4. The summed E-state index contributed by atoms with van der Waals surface area (Å²) in [4.78, 5) is 13.6. The van der Waals surface area contributed by atoms with Gasteiger partial charge in [0.1, 0.15) is 0 Å². The van der Waals surface area contributed by atoms with E-state index in [0.717, 1.165) is 19.4 Å². The van der Waals surface area contributed by atoms with Gasteiger partial charge in [0.15, 0.2) is 9.84 Å². The molecule has 92 valence electrons. The third-order valence-electron chi connectivity index (χ3n) is 3.46. The van der Waals surface area contributed by atoms with Crippen molar-refractivity contribution in [1.29, 1.82) is 0 Å². The Morgan fingerprint density at radius 1 is 1.38 bits per heavy atom. The lowest BCUT2D eigenvalue weighted by atomic mass is 10.1. The van der Waals surface area contributed by atoms with E-state index >= 15 is 0 Å². The molecule has 2 atom stereocenters. The molecule has 2 fully saturated rings. The highest BCUT2D eigenvalue weighted by molar-refractivity contribution is 7.91. The minimum atomic E-state index is -2.91. The highest BCUT2D eigenvalue weighted by atomic mass is 32.2. The number of hydrogen-bond donors (Lipinski definition) is 1. The van der Waals surface area contributed by atoms with Crippen LogP contribution in [-0.4, -0.2) is 56.4 Å². The van der Waals surface area contributed by atoms with Crippen molar-refractivity contribution in [3.8, 4) is 0 Å². The predicted molar refractivity (Wildman–Crippen MR) is 60.9 cm³/mol. The maximum atomic E-state index is 12.0. The molecule has 0 saturated carbocycles. The van der Waals surface area contributed by atoms with Crippen LogP contribution in [0.3, 0.4) is 0 Å². The molecule has 1 amide bonds. The summed E-state index contributed by atoms with van der Waals surface area (Å²) in [7, 11) is -1.20. The van der Waals surface area contributed by atoms with E-state index in [9.17, 15) is 13.2 Å². The summed E-state index contributed by atoms with van der Waals surface area (Å²) in [5.74, 6) is 0.384. The fraction of sp³-hybridized carbons (Fsp3) is 0.900. The van der Waals surface area contributed by atoms with Gasteiger partial charge in [-0.1, -0.05) is 0 Å². The van der Waals surface area contributed by atoms with Gasteiger partial charge in [-0.15, -0.1) is 0 Å². The van der Waals surface area contributed by atoms with Crippen molar-refractivity contribution < 1.29 is 13.2 Å². The van der Waals surface area contributed by atoms with Crippen LogP contribution < -0.4 is 5.32 Å². The molecule has 2 aliphatic heterocycles. The molecule has 2 saturated heterocycles. The second-order valence-corrected chi connectivity index (χ2v) is 6.88. The number of amides is 1. The van der Waals surface area contributed by atoms with Gasteiger partial charge in [0.2, 0.25) is 5.91 Å². The van der Waals surface area contributed by atoms with Crippen molar-refractivity contribution in [2.75, 3.05) is 25.1 Å². The SMILES string of the molecule is CN(C(=O)[C@H]1CCCN1)C1CCS(=O)(=O)C1. The molecule has 0 bridgehead atoms. The summed E-state index contributed by atoms with van der Waals surface area (Å²) >= 11 is 0. The zero-order valence-electron chi connectivity index (χ0n) is 9.48. The third kappa shape index (κ3) is 2.38. The average molecular weight is 246 g/mol. The first kappa shape index (κ1) is 11.9. The van der Waals surface area contributed by atoms with Gasteiger partial charge < -0.3 is 10.2 Å². The monoisotopic (exact) mass is 246 g/mol. The van der Waals surface area contributed by atoms with Crippen LogP contribution in [0.4, 0.5) is 0 Å². The van der Waals surface area contributed by atoms with Crippen LogP contribution in [0, 0.1) is 0 Å². The molecule has 0 aromatic carbocycles. The van der Waals surface area contributed by atoms with Gasteiger partial charge >= 0.3 is 0 Å². The number of likely N-dealkylation sites (N-methyl/N-ethyl adjacent to an activating group) is 1. The Balaban J connectivity index is 1.97. The van der Waals surface area contributed by atoms with E-state index in [1.54, 1.807) is 11.9 Å². The molecule has 6 heteroatoms. The summed E-state index contributed by atoms with van der Waals surface area (Å²) in [6.07, 6.45) is 2.47. The van der Waals surface area contributed by atoms with Gasteiger partial charge in [0.05, 0.1) is 17.5 Å². The lowest BCUT2D eigenvalue weighted by molar-refractivity contribution is -0.133. The van der Waals surface area contributed by atoms with Gasteiger partial charge in [0.25, 0.3) is 0 Å². The molecule has 0 aromatic rings. The van der Waals surface area contributed by atoms with Gasteiger partial charge in [-0.2, -0.15) is 0 Å². The number of nitrogens with one attached hydrogen (secondary N) is 1. The Morgan fingerprint density at radius 2 is 2.12 bits per heavy atom. The van der Waals surface area contributed by atoms with E-state index < -0.39 is 9.84 Å². The molecule has 0 spiro atoms. The lowest BCUT2D eigenvalue weighted by Gasteiger charge is -2.26. The number of carbonyl (C=O) groups is 1. The molecule has 16 heavy (non-hydrogen) atoms. The van der Waals surface area contributed by atoms with Crippen LogP contribution >= 0.6 is 0 Å². The minimum Gasteiger partial charge on any atom is -0.340 e. The normalized spacial score (nSPS) is 32.8. The Bertz CT molecular complexity index is 374. The first-order valence-corrected chi connectivity index (χ1v) is 7.52. The van der Waals surface area contributed by atoms with Crippen LogP contribution in [0.2, 0.25) is 0 Å². The van der Waals surface area contributed by atoms with E-state index in [1.807, 2.05) is 0 Å². The van der Waals surface area contributed by atoms with Crippen molar-refractivity contribution in [3.63, 3.8) is 0 Å². The summed E-state index contributed by atoms with van der Waals surface area (Å²) in [5.41, 5.74) is 0. The van der Waals surface area contributed by atoms with Crippen molar-refractivity contribution in [3.05, 3.63) is 0 Å². The summed E-state index contributed by atoms with van der Waals surface area (Å²) in [6.45, 7) is 0.882. The van der Waals surface area contributed by atoms with Gasteiger partial charge in [-0.05, 0) is 25.8 Å². The summed E-state index contributed by atoms with van der Waals surface area (Å²) in [6, 6.07) is -0.229. The zero-order valence-corrected chi connectivity index (χ0v) is 10.3. The van der Waals surface area contributed by atoms with Gasteiger partial charge in [-0.25, -0.2) is 8.42 Å². The standard InChI is InChI=1S/C10H18N2O3S/c1-12(8-4-6-16(14,15)7-8)10(13)9-3-2-5-11-9/h8-9,11H,2-7H2,1H3/t8?,9-/m1/s1. The Labute approximate surface area is 96.1 Å². The quantitative estimate of drug-likeness (QED) is 0.705. The van der Waals surface area contributed by atoms with Crippen LogP contribution in [0.5, 0.6) is 0 Å². The zero-order chi connectivity index (χ0) is 11.8. The molecular formula is C10H18N2O3S.